The minimum atomic E-state index is -0.329. The van der Waals surface area contributed by atoms with E-state index in [0.29, 0.717) is 0 Å². The van der Waals surface area contributed by atoms with Crippen LogP contribution in [0.3, 0.4) is 0 Å². The first-order valence-corrected chi connectivity index (χ1v) is 3.14. The minimum absolute atomic E-state index is 0.0949. The predicted octanol–water partition coefficient (Wildman–Crippen LogP) is 1.19. The summed E-state index contributed by atoms with van der Waals surface area (Å²) in [5, 5.41) is 0. The molecule has 0 saturated carbocycles. The summed E-state index contributed by atoms with van der Waals surface area (Å²) in [6.45, 7) is 4.98. The lowest BCUT2D eigenvalue weighted by molar-refractivity contribution is -0.137. The first-order valence-electron chi connectivity index (χ1n) is 3.14. The highest BCUT2D eigenvalue weighted by molar-refractivity contribution is 6.36. The summed E-state index contributed by atoms with van der Waals surface area (Å²) < 4.78 is 0. The highest BCUT2D eigenvalue weighted by Gasteiger charge is 2.14. The smallest absolute Gasteiger partial charge is 0.200 e. The summed E-state index contributed by atoms with van der Waals surface area (Å²) >= 11 is 0. The molecule has 0 fully saturated rings. The van der Waals surface area contributed by atoms with Crippen LogP contribution < -0.4 is 0 Å². The van der Waals surface area contributed by atoms with Crippen LogP contribution in [-0.4, -0.2) is 11.6 Å². The van der Waals surface area contributed by atoms with Gasteiger partial charge < -0.3 is 0 Å². The third-order valence-electron chi connectivity index (χ3n) is 1.41. The van der Waals surface area contributed by atoms with Crippen molar-refractivity contribution in [2.24, 2.45) is 5.92 Å². The molecule has 52 valence electrons. The van der Waals surface area contributed by atoms with Crippen LogP contribution in [0.5, 0.6) is 0 Å². The molecule has 0 aliphatic heterocycles. The minimum Gasteiger partial charge on any atom is -0.291 e. The predicted molar refractivity (Wildman–Crippen MR) is 35.1 cm³/mol. The van der Waals surface area contributed by atoms with Crippen molar-refractivity contribution in [3.63, 3.8) is 0 Å². The van der Waals surface area contributed by atoms with E-state index < -0.39 is 0 Å². The Morgan fingerprint density at radius 3 is 2.00 bits per heavy atom. The van der Waals surface area contributed by atoms with Gasteiger partial charge in [-0.2, -0.15) is 0 Å². The quantitative estimate of drug-likeness (QED) is 0.535. The summed E-state index contributed by atoms with van der Waals surface area (Å²) in [6, 6.07) is 0. The topological polar surface area (TPSA) is 34.1 Å². The van der Waals surface area contributed by atoms with E-state index in [9.17, 15) is 9.59 Å². The second kappa shape index (κ2) is 3.38. The van der Waals surface area contributed by atoms with Gasteiger partial charge >= 0.3 is 0 Å². The Morgan fingerprint density at radius 2 is 1.89 bits per heavy atom. The number of carbonyl (C=O) groups excluding carboxylic acids is 2. The molecule has 0 bridgehead atoms. The summed E-state index contributed by atoms with van der Waals surface area (Å²) in [5.41, 5.74) is 0. The van der Waals surface area contributed by atoms with Crippen molar-refractivity contribution in [2.75, 3.05) is 0 Å². The van der Waals surface area contributed by atoms with E-state index in [2.05, 4.69) is 0 Å². The van der Waals surface area contributed by atoms with E-state index in [1.54, 1.807) is 6.92 Å². The van der Waals surface area contributed by atoms with Crippen LogP contribution in [0.1, 0.15) is 27.2 Å². The molecular formula is C7H12O2. The molecule has 2 nitrogen and oxygen atoms in total. The number of hydrogen-bond acceptors (Lipinski definition) is 2. The van der Waals surface area contributed by atoms with Gasteiger partial charge in [-0.05, 0) is 6.42 Å². The van der Waals surface area contributed by atoms with Crippen molar-refractivity contribution in [1.29, 1.82) is 0 Å². The summed E-state index contributed by atoms with van der Waals surface area (Å²) in [7, 11) is 0. The highest BCUT2D eigenvalue weighted by atomic mass is 16.2. The summed E-state index contributed by atoms with van der Waals surface area (Å²) in [6.07, 6.45) is 0.748. The summed E-state index contributed by atoms with van der Waals surface area (Å²) in [4.78, 5) is 21.1. The van der Waals surface area contributed by atoms with E-state index in [1.807, 2.05) is 6.92 Å². The Kier molecular flexibility index (Phi) is 3.13. The van der Waals surface area contributed by atoms with Crippen molar-refractivity contribution in [3.8, 4) is 0 Å². The van der Waals surface area contributed by atoms with Gasteiger partial charge in [0.1, 0.15) is 0 Å². The van der Waals surface area contributed by atoms with Gasteiger partial charge in [0.2, 0.25) is 5.78 Å². The fourth-order valence-electron chi connectivity index (χ4n) is 0.532. The molecule has 0 amide bonds. The Hall–Kier alpha value is -0.660. The lowest BCUT2D eigenvalue weighted by Gasteiger charge is -2.01. The van der Waals surface area contributed by atoms with E-state index >= 15 is 0 Å². The Morgan fingerprint density at radius 1 is 1.44 bits per heavy atom. The molecule has 0 N–H and O–H groups in total. The molecule has 2 heteroatoms. The number of ketones is 2. The summed E-state index contributed by atoms with van der Waals surface area (Å²) in [5.74, 6) is -0.677. The molecule has 0 unspecified atom stereocenters. The van der Waals surface area contributed by atoms with Crippen LogP contribution in [-0.2, 0) is 9.59 Å². The maximum atomic E-state index is 10.7. The number of rotatable bonds is 3. The van der Waals surface area contributed by atoms with Crippen LogP contribution in [0.15, 0.2) is 0 Å². The third-order valence-corrected chi connectivity index (χ3v) is 1.41. The highest BCUT2D eigenvalue weighted by Crippen LogP contribution is 2.01. The molecule has 0 aliphatic rings. The van der Waals surface area contributed by atoms with Gasteiger partial charge in [0.15, 0.2) is 5.78 Å². The van der Waals surface area contributed by atoms with Gasteiger partial charge in [-0.15, -0.1) is 0 Å². The zero-order valence-corrected chi connectivity index (χ0v) is 6.10. The van der Waals surface area contributed by atoms with Crippen LogP contribution in [0.2, 0.25) is 0 Å². The van der Waals surface area contributed by atoms with Gasteiger partial charge in [0, 0.05) is 12.8 Å². The largest absolute Gasteiger partial charge is 0.291 e. The lowest BCUT2D eigenvalue weighted by atomic mass is 10.0. The Balaban J connectivity index is 3.88. The fraction of sp³-hybridized carbons (Fsp3) is 0.714. The van der Waals surface area contributed by atoms with Crippen LogP contribution in [0.25, 0.3) is 0 Å². The number of carbonyl (C=O) groups is 2. The van der Waals surface area contributed by atoms with Crippen molar-refractivity contribution in [1.82, 2.24) is 0 Å². The molecule has 0 heterocycles. The first kappa shape index (κ1) is 8.34. The maximum Gasteiger partial charge on any atom is 0.200 e. The first-order chi connectivity index (χ1) is 4.09. The van der Waals surface area contributed by atoms with Gasteiger partial charge in [-0.3, -0.25) is 9.59 Å². The van der Waals surface area contributed by atoms with Crippen molar-refractivity contribution in [3.05, 3.63) is 0 Å². The monoisotopic (exact) mass is 128 g/mol. The molecule has 9 heavy (non-hydrogen) atoms. The average molecular weight is 128 g/mol. The molecule has 0 radical (unpaired) electrons. The van der Waals surface area contributed by atoms with Crippen LogP contribution in [0, 0.1) is 5.92 Å². The van der Waals surface area contributed by atoms with Crippen LogP contribution in [0.4, 0.5) is 0 Å². The standard InChI is InChI=1S/C7H12O2/c1-4-5(2)7(9)6(3)8/h5H,4H2,1-3H3/t5-/m0/s1. The average Bonchev–Trinajstić information content (AvgIpc) is 1.84. The number of Topliss-reactive ketones (excluding diaryl/α,β-unsaturated/α-hetero) is 2. The SMILES string of the molecule is CC[C@H](C)C(=O)C(C)=O. The lowest BCUT2D eigenvalue weighted by Crippen LogP contribution is -2.17. The fourth-order valence-corrected chi connectivity index (χ4v) is 0.532. The Bertz CT molecular complexity index is 127. The van der Waals surface area contributed by atoms with E-state index in [-0.39, 0.29) is 17.5 Å². The molecule has 0 spiro atoms. The van der Waals surface area contributed by atoms with E-state index in [4.69, 9.17) is 0 Å². The molecule has 0 aromatic rings. The zero-order valence-electron chi connectivity index (χ0n) is 6.10. The van der Waals surface area contributed by atoms with Gasteiger partial charge in [-0.25, -0.2) is 0 Å². The molecule has 1 atom stereocenters. The molecule has 0 aromatic carbocycles. The maximum absolute atomic E-state index is 10.7. The normalized spacial score (nSPS) is 12.8. The molecule has 0 aromatic heterocycles. The van der Waals surface area contributed by atoms with Crippen LogP contribution >= 0.6 is 0 Å². The third kappa shape index (κ3) is 2.40. The van der Waals surface area contributed by atoms with Crippen molar-refractivity contribution >= 4 is 11.6 Å². The van der Waals surface area contributed by atoms with E-state index in [0.717, 1.165) is 6.42 Å². The van der Waals surface area contributed by atoms with Crippen molar-refractivity contribution < 1.29 is 9.59 Å². The molecule has 0 saturated heterocycles. The molecular weight excluding hydrogens is 116 g/mol. The Labute approximate surface area is 55.3 Å². The zero-order chi connectivity index (χ0) is 7.44. The van der Waals surface area contributed by atoms with Gasteiger partial charge in [-0.1, -0.05) is 13.8 Å². The second-order valence-electron chi connectivity index (χ2n) is 2.23. The van der Waals surface area contributed by atoms with Gasteiger partial charge in [0.05, 0.1) is 0 Å². The molecule has 0 rings (SSSR count). The molecule has 0 aliphatic carbocycles. The van der Waals surface area contributed by atoms with E-state index in [1.165, 1.54) is 6.92 Å². The number of hydrogen-bond donors (Lipinski definition) is 0. The van der Waals surface area contributed by atoms with Crippen molar-refractivity contribution in [2.45, 2.75) is 27.2 Å². The van der Waals surface area contributed by atoms with Gasteiger partial charge in [0.25, 0.3) is 0 Å². The second-order valence-corrected chi connectivity index (χ2v) is 2.23.